The minimum atomic E-state index is -0.358. The van der Waals surface area contributed by atoms with E-state index in [1.807, 2.05) is 0 Å². The molecule has 102 valence electrons. The van der Waals surface area contributed by atoms with E-state index >= 15 is 0 Å². The molecule has 0 aliphatic rings. The smallest absolute Gasteiger partial charge is 0.165 e. The highest BCUT2D eigenvalue weighted by Crippen LogP contribution is 2.26. The summed E-state index contributed by atoms with van der Waals surface area (Å²) in [5, 5.41) is 0. The molecule has 0 amide bonds. The zero-order chi connectivity index (χ0) is 13.8. The predicted molar refractivity (Wildman–Crippen MR) is 77.3 cm³/mol. The van der Waals surface area contributed by atoms with Crippen LogP contribution in [0.2, 0.25) is 0 Å². The van der Waals surface area contributed by atoms with Gasteiger partial charge in [0.1, 0.15) is 0 Å². The number of benzene rings is 1. The van der Waals surface area contributed by atoms with Gasteiger partial charge in [-0.15, -0.1) is 11.3 Å². The Hall–Kier alpha value is -1.39. The van der Waals surface area contributed by atoms with Crippen molar-refractivity contribution in [1.82, 2.24) is 0 Å². The molecule has 4 heteroatoms. The molecular weight excluding hydrogens is 261 g/mol. The first-order valence-electron chi connectivity index (χ1n) is 6.30. The van der Waals surface area contributed by atoms with Gasteiger partial charge in [0.25, 0.3) is 0 Å². The number of methoxy groups -OCH3 is 1. The second-order valence-electron chi connectivity index (χ2n) is 4.43. The molecule has 0 radical (unpaired) electrons. The first kappa shape index (κ1) is 14.0. The summed E-state index contributed by atoms with van der Waals surface area (Å²) in [6, 6.07) is 8.91. The first-order valence-corrected chi connectivity index (χ1v) is 7.12. The third-order valence-corrected chi connectivity index (χ3v) is 4.34. The Labute approximate surface area is 117 Å². The van der Waals surface area contributed by atoms with Gasteiger partial charge in [0.2, 0.25) is 0 Å². The highest BCUT2D eigenvalue weighted by molar-refractivity contribution is 7.11. The third-order valence-electron chi connectivity index (χ3n) is 3.09. The lowest BCUT2D eigenvalue weighted by Gasteiger charge is -2.12. The zero-order valence-corrected chi connectivity index (χ0v) is 12.0. The molecule has 1 atom stereocenters. The van der Waals surface area contributed by atoms with Crippen LogP contribution in [0, 0.1) is 5.82 Å². The molecule has 0 aliphatic heterocycles. The Morgan fingerprint density at radius 2 is 2.00 bits per heavy atom. The van der Waals surface area contributed by atoms with Crippen molar-refractivity contribution in [2.24, 2.45) is 5.73 Å². The number of ether oxygens (including phenoxy) is 1. The van der Waals surface area contributed by atoms with Crippen LogP contribution in [0.25, 0.3) is 0 Å². The molecular formula is C15H18FNOS. The molecule has 2 rings (SSSR count). The maximum absolute atomic E-state index is 13.3. The van der Waals surface area contributed by atoms with E-state index in [9.17, 15) is 4.39 Å². The van der Waals surface area contributed by atoms with Crippen molar-refractivity contribution in [2.75, 3.05) is 7.11 Å². The minimum absolute atomic E-state index is 0.141. The Morgan fingerprint density at radius 3 is 2.63 bits per heavy atom. The number of rotatable bonds is 5. The van der Waals surface area contributed by atoms with Gasteiger partial charge >= 0.3 is 0 Å². The number of aryl methyl sites for hydroxylation is 1. The van der Waals surface area contributed by atoms with Crippen LogP contribution in [-0.2, 0) is 12.8 Å². The molecule has 1 aromatic carbocycles. The number of nitrogens with two attached hydrogens (primary N) is 1. The van der Waals surface area contributed by atoms with Gasteiger partial charge in [-0.1, -0.05) is 13.0 Å². The van der Waals surface area contributed by atoms with Crippen LogP contribution in [0.5, 0.6) is 5.75 Å². The summed E-state index contributed by atoms with van der Waals surface area (Å²) in [5.41, 5.74) is 7.07. The van der Waals surface area contributed by atoms with Crippen LogP contribution in [0.15, 0.2) is 30.3 Å². The normalized spacial score (nSPS) is 12.4. The summed E-state index contributed by atoms with van der Waals surface area (Å²) in [7, 11) is 1.46. The fraction of sp³-hybridized carbons (Fsp3) is 0.333. The van der Waals surface area contributed by atoms with Gasteiger partial charge in [0, 0.05) is 22.2 Å². The highest BCUT2D eigenvalue weighted by Gasteiger charge is 2.12. The summed E-state index contributed by atoms with van der Waals surface area (Å²) >= 11 is 1.78. The monoisotopic (exact) mass is 279 g/mol. The van der Waals surface area contributed by atoms with E-state index in [0.29, 0.717) is 0 Å². The van der Waals surface area contributed by atoms with Crippen molar-refractivity contribution in [3.05, 3.63) is 51.5 Å². The molecule has 0 aliphatic carbocycles. The fourth-order valence-corrected chi connectivity index (χ4v) is 2.98. The number of hydrogen-bond acceptors (Lipinski definition) is 3. The maximum atomic E-state index is 13.3. The Balaban J connectivity index is 2.12. The lowest BCUT2D eigenvalue weighted by molar-refractivity contribution is 0.385. The van der Waals surface area contributed by atoms with E-state index < -0.39 is 0 Å². The van der Waals surface area contributed by atoms with Crippen LogP contribution in [-0.4, -0.2) is 7.11 Å². The van der Waals surface area contributed by atoms with Crippen LogP contribution in [0.1, 0.15) is 28.3 Å². The van der Waals surface area contributed by atoms with E-state index in [1.165, 1.54) is 22.9 Å². The average molecular weight is 279 g/mol. The predicted octanol–water partition coefficient (Wildman–Crippen LogP) is 3.70. The molecule has 0 saturated heterocycles. The Morgan fingerprint density at radius 1 is 1.26 bits per heavy atom. The largest absolute Gasteiger partial charge is 0.494 e. The SMILES string of the molecule is CCc1ccc(CC(N)c2ccc(F)c(OC)c2)s1. The molecule has 0 saturated carbocycles. The van der Waals surface area contributed by atoms with Crippen LogP contribution >= 0.6 is 11.3 Å². The van der Waals surface area contributed by atoms with E-state index in [4.69, 9.17) is 10.5 Å². The second-order valence-corrected chi connectivity index (χ2v) is 5.68. The van der Waals surface area contributed by atoms with Crippen molar-refractivity contribution < 1.29 is 9.13 Å². The fourth-order valence-electron chi connectivity index (χ4n) is 1.96. The van der Waals surface area contributed by atoms with Crippen molar-refractivity contribution in [1.29, 1.82) is 0 Å². The molecule has 0 fully saturated rings. The topological polar surface area (TPSA) is 35.2 Å². The quantitative estimate of drug-likeness (QED) is 0.905. The van der Waals surface area contributed by atoms with Gasteiger partial charge in [0.05, 0.1) is 7.11 Å². The highest BCUT2D eigenvalue weighted by atomic mass is 32.1. The number of thiophene rings is 1. The lowest BCUT2D eigenvalue weighted by Crippen LogP contribution is -2.13. The van der Waals surface area contributed by atoms with E-state index in [0.717, 1.165) is 18.4 Å². The Kier molecular flexibility index (Phi) is 4.56. The maximum Gasteiger partial charge on any atom is 0.165 e. The lowest BCUT2D eigenvalue weighted by atomic mass is 10.0. The number of hydrogen-bond donors (Lipinski definition) is 1. The van der Waals surface area contributed by atoms with Crippen LogP contribution in [0.4, 0.5) is 4.39 Å². The van der Waals surface area contributed by atoms with Crippen molar-refractivity contribution in [3.63, 3.8) is 0 Å². The standard InChI is InChI=1S/C15H18FNOS/c1-3-11-5-6-12(19-11)9-14(17)10-4-7-13(16)15(8-10)18-2/h4-8,14H,3,9,17H2,1-2H3. The van der Waals surface area contributed by atoms with Gasteiger partial charge < -0.3 is 10.5 Å². The summed E-state index contributed by atoms with van der Waals surface area (Å²) < 4.78 is 18.3. The van der Waals surface area contributed by atoms with Crippen molar-refractivity contribution >= 4 is 11.3 Å². The zero-order valence-electron chi connectivity index (χ0n) is 11.2. The van der Waals surface area contributed by atoms with E-state index in [1.54, 1.807) is 23.5 Å². The molecule has 2 nitrogen and oxygen atoms in total. The Bertz CT molecular complexity index is 553. The third kappa shape index (κ3) is 3.33. The average Bonchev–Trinajstić information content (AvgIpc) is 2.86. The van der Waals surface area contributed by atoms with Gasteiger partial charge in [0.15, 0.2) is 11.6 Å². The molecule has 1 aromatic heterocycles. The summed E-state index contributed by atoms with van der Waals surface area (Å²) in [6.07, 6.45) is 1.81. The first-order chi connectivity index (χ1) is 9.13. The van der Waals surface area contributed by atoms with E-state index in [2.05, 4.69) is 19.1 Å². The summed E-state index contributed by atoms with van der Waals surface area (Å²) in [4.78, 5) is 2.62. The molecule has 1 heterocycles. The number of halogens is 1. The van der Waals surface area contributed by atoms with Crippen molar-refractivity contribution in [2.45, 2.75) is 25.8 Å². The summed E-state index contributed by atoms with van der Waals surface area (Å²) in [5.74, 6) is -0.115. The van der Waals surface area contributed by atoms with Crippen LogP contribution in [0.3, 0.4) is 0 Å². The molecule has 2 aromatic rings. The second kappa shape index (κ2) is 6.17. The summed E-state index contributed by atoms with van der Waals surface area (Å²) in [6.45, 7) is 2.14. The molecule has 19 heavy (non-hydrogen) atoms. The minimum Gasteiger partial charge on any atom is -0.494 e. The molecule has 0 bridgehead atoms. The van der Waals surface area contributed by atoms with Gasteiger partial charge in [-0.25, -0.2) is 4.39 Å². The van der Waals surface area contributed by atoms with Crippen molar-refractivity contribution in [3.8, 4) is 5.75 Å². The molecule has 1 unspecified atom stereocenters. The van der Waals surface area contributed by atoms with Gasteiger partial charge in [-0.05, 0) is 36.2 Å². The van der Waals surface area contributed by atoms with Gasteiger partial charge in [-0.2, -0.15) is 0 Å². The van der Waals surface area contributed by atoms with Crippen LogP contribution < -0.4 is 10.5 Å². The molecule has 2 N–H and O–H groups in total. The van der Waals surface area contributed by atoms with Gasteiger partial charge in [-0.3, -0.25) is 0 Å². The van der Waals surface area contributed by atoms with E-state index in [-0.39, 0.29) is 17.6 Å². The molecule has 0 spiro atoms.